The fourth-order valence-corrected chi connectivity index (χ4v) is 3.34. The van der Waals surface area contributed by atoms with Gasteiger partial charge in [-0.25, -0.2) is 4.98 Å². The number of carbonyl (C=O) groups is 1. The predicted molar refractivity (Wildman–Crippen MR) is 93.9 cm³/mol. The number of rotatable bonds is 4. The van der Waals surface area contributed by atoms with Gasteiger partial charge in [0.2, 0.25) is 5.91 Å². The highest BCUT2D eigenvalue weighted by atomic mass is 16.2. The molecule has 25 heavy (non-hydrogen) atoms. The Bertz CT molecular complexity index is 877. The van der Waals surface area contributed by atoms with Gasteiger partial charge in [-0.2, -0.15) is 0 Å². The minimum Gasteiger partial charge on any atom is -0.356 e. The van der Waals surface area contributed by atoms with Crippen LogP contribution in [0.3, 0.4) is 0 Å². The van der Waals surface area contributed by atoms with E-state index < -0.39 is 0 Å². The molecule has 128 valence electrons. The highest BCUT2D eigenvalue weighted by molar-refractivity contribution is 5.80. The standard InChI is InChI=1S/C18H20N6O/c1-13-11-23(15-6-2-4-8-19-15)12-14(13)18(25)20-10-17-22-21-16-7-3-5-9-24(16)17/h2-9,13-14H,10-12H2,1H3,(H,20,25)/t13-,14-/m1/s1. The molecule has 2 atom stereocenters. The van der Waals surface area contributed by atoms with Gasteiger partial charge in [0.1, 0.15) is 5.82 Å². The summed E-state index contributed by atoms with van der Waals surface area (Å²) in [6, 6.07) is 11.6. The molecule has 0 radical (unpaired) electrons. The number of nitrogens with zero attached hydrogens (tertiary/aromatic N) is 5. The molecule has 0 aliphatic carbocycles. The molecule has 3 aromatic heterocycles. The molecule has 1 saturated heterocycles. The van der Waals surface area contributed by atoms with Crippen LogP contribution in [0, 0.1) is 11.8 Å². The van der Waals surface area contributed by atoms with E-state index in [1.54, 1.807) is 6.20 Å². The number of nitrogens with one attached hydrogen (secondary N) is 1. The Balaban J connectivity index is 1.41. The van der Waals surface area contributed by atoms with E-state index in [-0.39, 0.29) is 17.7 Å². The number of pyridine rings is 2. The molecule has 1 aliphatic rings. The normalized spacial score (nSPS) is 20.1. The Morgan fingerprint density at radius 2 is 2.08 bits per heavy atom. The summed E-state index contributed by atoms with van der Waals surface area (Å²) in [5.41, 5.74) is 0.780. The summed E-state index contributed by atoms with van der Waals surface area (Å²) in [6.07, 6.45) is 3.68. The van der Waals surface area contributed by atoms with Gasteiger partial charge < -0.3 is 10.2 Å². The van der Waals surface area contributed by atoms with Crippen LogP contribution in [0.4, 0.5) is 5.82 Å². The summed E-state index contributed by atoms with van der Waals surface area (Å²) in [5, 5.41) is 11.3. The van der Waals surface area contributed by atoms with E-state index in [1.165, 1.54) is 0 Å². The Hall–Kier alpha value is -2.96. The van der Waals surface area contributed by atoms with Gasteiger partial charge in [-0.05, 0) is 30.2 Å². The van der Waals surface area contributed by atoms with E-state index >= 15 is 0 Å². The van der Waals surface area contributed by atoms with Gasteiger partial charge in [0.25, 0.3) is 0 Å². The van der Waals surface area contributed by atoms with Crippen LogP contribution in [0.1, 0.15) is 12.7 Å². The van der Waals surface area contributed by atoms with Gasteiger partial charge in [-0.15, -0.1) is 10.2 Å². The van der Waals surface area contributed by atoms with E-state index in [4.69, 9.17) is 0 Å². The number of hydrogen-bond acceptors (Lipinski definition) is 5. The number of fused-ring (bicyclic) bond motifs is 1. The third-order valence-electron chi connectivity index (χ3n) is 4.73. The van der Waals surface area contributed by atoms with Crippen molar-refractivity contribution in [3.63, 3.8) is 0 Å². The van der Waals surface area contributed by atoms with E-state index in [1.807, 2.05) is 47.0 Å². The lowest BCUT2D eigenvalue weighted by Gasteiger charge is -2.16. The van der Waals surface area contributed by atoms with E-state index in [2.05, 4.69) is 32.3 Å². The first-order valence-corrected chi connectivity index (χ1v) is 8.44. The fourth-order valence-electron chi connectivity index (χ4n) is 3.34. The average molecular weight is 336 g/mol. The topological polar surface area (TPSA) is 75.4 Å². The molecular formula is C18H20N6O. The van der Waals surface area contributed by atoms with Gasteiger partial charge in [0, 0.05) is 25.5 Å². The van der Waals surface area contributed by atoms with Crippen LogP contribution in [-0.2, 0) is 11.3 Å². The van der Waals surface area contributed by atoms with Crippen LogP contribution in [0.15, 0.2) is 48.8 Å². The Kier molecular flexibility index (Phi) is 4.05. The van der Waals surface area contributed by atoms with Crippen LogP contribution < -0.4 is 10.2 Å². The minimum absolute atomic E-state index is 0.0543. The molecule has 0 bridgehead atoms. The third-order valence-corrected chi connectivity index (χ3v) is 4.73. The Morgan fingerprint density at radius 3 is 2.92 bits per heavy atom. The number of anilines is 1. The van der Waals surface area contributed by atoms with Gasteiger partial charge in [-0.1, -0.05) is 19.1 Å². The predicted octanol–water partition coefficient (Wildman–Crippen LogP) is 1.51. The second-order valence-electron chi connectivity index (χ2n) is 6.44. The molecule has 7 heteroatoms. The molecule has 1 fully saturated rings. The lowest BCUT2D eigenvalue weighted by atomic mass is 9.97. The fraction of sp³-hybridized carbons (Fsp3) is 0.333. The van der Waals surface area contributed by atoms with Gasteiger partial charge in [-0.3, -0.25) is 9.20 Å². The number of amides is 1. The molecule has 0 aromatic carbocycles. The lowest BCUT2D eigenvalue weighted by molar-refractivity contribution is -0.125. The number of hydrogen-bond donors (Lipinski definition) is 1. The lowest BCUT2D eigenvalue weighted by Crippen LogP contribution is -2.34. The molecule has 1 N–H and O–H groups in total. The van der Waals surface area contributed by atoms with Crippen molar-refractivity contribution in [2.24, 2.45) is 11.8 Å². The Morgan fingerprint density at radius 1 is 1.20 bits per heavy atom. The molecule has 1 aliphatic heterocycles. The molecule has 3 aromatic rings. The summed E-state index contributed by atoms with van der Waals surface area (Å²) in [4.78, 5) is 19.2. The highest BCUT2D eigenvalue weighted by Gasteiger charge is 2.35. The number of aromatic nitrogens is 4. The Labute approximate surface area is 145 Å². The second-order valence-corrected chi connectivity index (χ2v) is 6.44. The maximum Gasteiger partial charge on any atom is 0.225 e. The van der Waals surface area contributed by atoms with Crippen molar-refractivity contribution in [2.75, 3.05) is 18.0 Å². The average Bonchev–Trinajstić information content (AvgIpc) is 3.24. The van der Waals surface area contributed by atoms with E-state index in [0.29, 0.717) is 13.1 Å². The zero-order valence-electron chi connectivity index (χ0n) is 14.0. The van der Waals surface area contributed by atoms with Crippen molar-refractivity contribution >= 4 is 17.4 Å². The summed E-state index contributed by atoms with van der Waals surface area (Å²) in [7, 11) is 0. The summed E-state index contributed by atoms with van der Waals surface area (Å²) in [5.74, 6) is 1.93. The molecule has 0 saturated carbocycles. The SMILES string of the molecule is C[C@@H]1CN(c2ccccn2)C[C@H]1C(=O)NCc1nnc2ccccn12. The van der Waals surface area contributed by atoms with E-state index in [0.717, 1.165) is 23.8 Å². The molecular weight excluding hydrogens is 316 g/mol. The first-order chi connectivity index (χ1) is 12.2. The summed E-state index contributed by atoms with van der Waals surface area (Å²) < 4.78 is 1.89. The van der Waals surface area contributed by atoms with Crippen LogP contribution in [0.2, 0.25) is 0 Å². The zero-order valence-corrected chi connectivity index (χ0v) is 14.0. The van der Waals surface area contributed by atoms with Crippen molar-refractivity contribution in [3.8, 4) is 0 Å². The summed E-state index contributed by atoms with van der Waals surface area (Å²) >= 11 is 0. The molecule has 4 heterocycles. The second kappa shape index (κ2) is 6.51. The van der Waals surface area contributed by atoms with Gasteiger partial charge in [0.15, 0.2) is 11.5 Å². The maximum atomic E-state index is 12.6. The molecule has 0 spiro atoms. The quantitative estimate of drug-likeness (QED) is 0.782. The monoisotopic (exact) mass is 336 g/mol. The first kappa shape index (κ1) is 15.6. The number of carbonyl (C=O) groups excluding carboxylic acids is 1. The van der Waals surface area contributed by atoms with Crippen molar-refractivity contribution < 1.29 is 4.79 Å². The van der Waals surface area contributed by atoms with Crippen molar-refractivity contribution in [3.05, 3.63) is 54.6 Å². The molecule has 1 amide bonds. The highest BCUT2D eigenvalue weighted by Crippen LogP contribution is 2.26. The maximum absolute atomic E-state index is 12.6. The minimum atomic E-state index is -0.0545. The van der Waals surface area contributed by atoms with Gasteiger partial charge in [0.05, 0.1) is 12.5 Å². The van der Waals surface area contributed by atoms with Crippen LogP contribution in [-0.4, -0.2) is 38.6 Å². The zero-order chi connectivity index (χ0) is 17.2. The third kappa shape index (κ3) is 3.05. The summed E-state index contributed by atoms with van der Waals surface area (Å²) in [6.45, 7) is 4.00. The van der Waals surface area contributed by atoms with Crippen molar-refractivity contribution in [2.45, 2.75) is 13.5 Å². The molecule has 0 unspecified atom stereocenters. The van der Waals surface area contributed by atoms with Crippen LogP contribution >= 0.6 is 0 Å². The molecule has 4 rings (SSSR count). The van der Waals surface area contributed by atoms with Crippen molar-refractivity contribution in [1.82, 2.24) is 24.9 Å². The van der Waals surface area contributed by atoms with E-state index in [9.17, 15) is 4.79 Å². The van der Waals surface area contributed by atoms with Crippen LogP contribution in [0.25, 0.3) is 5.65 Å². The molecule has 7 nitrogen and oxygen atoms in total. The van der Waals surface area contributed by atoms with Crippen molar-refractivity contribution in [1.29, 1.82) is 0 Å². The first-order valence-electron chi connectivity index (χ1n) is 8.44. The largest absolute Gasteiger partial charge is 0.356 e. The smallest absolute Gasteiger partial charge is 0.225 e. The van der Waals surface area contributed by atoms with Gasteiger partial charge >= 0.3 is 0 Å². The van der Waals surface area contributed by atoms with Crippen LogP contribution in [0.5, 0.6) is 0 Å².